The first-order chi connectivity index (χ1) is 14.7. The highest BCUT2D eigenvalue weighted by Crippen LogP contribution is 2.41. The molecule has 0 saturated carbocycles. The van der Waals surface area contributed by atoms with Crippen LogP contribution in [-0.4, -0.2) is 24.1 Å². The number of hydrogen-bond acceptors (Lipinski definition) is 4. The number of aromatic nitrogens is 1. The number of nitrogens with zero attached hydrogens (tertiary/aromatic N) is 1. The Morgan fingerprint density at radius 3 is 2.33 bits per heavy atom. The van der Waals surface area contributed by atoms with Crippen LogP contribution < -0.4 is 4.74 Å². The third-order valence-electron chi connectivity index (χ3n) is 5.14. The van der Waals surface area contributed by atoms with Gasteiger partial charge in [0.25, 0.3) is 6.47 Å². The highest BCUT2D eigenvalue weighted by Gasteiger charge is 2.29. The van der Waals surface area contributed by atoms with E-state index in [4.69, 9.17) is 21.1 Å². The standard InChI is InChI=1S/C25H20ClNO3/c1-29-19-13-11-17(12-14-19)21-15-27-22-10-6-5-9-20(22)24(21)23(25(26)30-16-28)18-7-3-2-4-8-18/h2-16,23,25H,1H3. The Morgan fingerprint density at radius 1 is 0.933 bits per heavy atom. The average Bonchev–Trinajstić information content (AvgIpc) is 2.80. The second-order valence-electron chi connectivity index (χ2n) is 6.80. The lowest BCUT2D eigenvalue weighted by Crippen LogP contribution is -2.19. The number of hydrogen-bond donors (Lipinski definition) is 0. The van der Waals surface area contributed by atoms with Crippen molar-refractivity contribution >= 4 is 29.0 Å². The fourth-order valence-corrected chi connectivity index (χ4v) is 4.05. The van der Waals surface area contributed by atoms with E-state index in [9.17, 15) is 4.79 Å². The second kappa shape index (κ2) is 8.97. The Labute approximate surface area is 180 Å². The van der Waals surface area contributed by atoms with Crippen molar-refractivity contribution in [3.63, 3.8) is 0 Å². The molecule has 4 rings (SSSR count). The maximum atomic E-state index is 11.1. The molecule has 2 atom stereocenters. The third-order valence-corrected chi connectivity index (χ3v) is 5.49. The summed E-state index contributed by atoms with van der Waals surface area (Å²) in [5, 5.41) is 0.958. The van der Waals surface area contributed by atoms with Crippen LogP contribution in [0.3, 0.4) is 0 Å². The van der Waals surface area contributed by atoms with Crippen LogP contribution in [0.5, 0.6) is 5.75 Å². The first kappa shape index (κ1) is 19.9. The van der Waals surface area contributed by atoms with Crippen molar-refractivity contribution in [3.8, 4) is 16.9 Å². The van der Waals surface area contributed by atoms with Crippen LogP contribution >= 0.6 is 11.6 Å². The first-order valence-electron chi connectivity index (χ1n) is 9.53. The van der Waals surface area contributed by atoms with Gasteiger partial charge in [0, 0.05) is 17.1 Å². The molecule has 2 unspecified atom stereocenters. The van der Waals surface area contributed by atoms with Gasteiger partial charge in [-0.05, 0) is 34.9 Å². The van der Waals surface area contributed by atoms with Gasteiger partial charge in [0.2, 0.25) is 0 Å². The number of benzene rings is 3. The minimum absolute atomic E-state index is 0.386. The maximum absolute atomic E-state index is 11.1. The number of para-hydroxylation sites is 1. The Bertz CT molecular complexity index is 1150. The maximum Gasteiger partial charge on any atom is 0.294 e. The quantitative estimate of drug-likeness (QED) is 0.282. The van der Waals surface area contributed by atoms with Crippen molar-refractivity contribution in [2.24, 2.45) is 0 Å². The van der Waals surface area contributed by atoms with E-state index in [2.05, 4.69) is 4.98 Å². The summed E-state index contributed by atoms with van der Waals surface area (Å²) < 4.78 is 10.5. The topological polar surface area (TPSA) is 48.4 Å². The third kappa shape index (κ3) is 3.87. The van der Waals surface area contributed by atoms with E-state index in [0.717, 1.165) is 38.9 Å². The fraction of sp³-hybridized carbons (Fsp3) is 0.120. The summed E-state index contributed by atoms with van der Waals surface area (Å²) in [4.78, 5) is 15.8. The van der Waals surface area contributed by atoms with Crippen LogP contribution in [0.15, 0.2) is 85.1 Å². The van der Waals surface area contributed by atoms with E-state index in [0.29, 0.717) is 6.47 Å². The lowest BCUT2D eigenvalue weighted by molar-refractivity contribution is -0.130. The number of rotatable bonds is 7. The highest BCUT2D eigenvalue weighted by atomic mass is 35.5. The Balaban J connectivity index is 2.00. The van der Waals surface area contributed by atoms with Crippen molar-refractivity contribution in [2.45, 2.75) is 11.5 Å². The van der Waals surface area contributed by atoms with E-state index < -0.39 is 5.56 Å². The van der Waals surface area contributed by atoms with Crippen molar-refractivity contribution < 1.29 is 14.3 Å². The van der Waals surface area contributed by atoms with E-state index in [1.807, 2.05) is 85.1 Å². The predicted molar refractivity (Wildman–Crippen MR) is 119 cm³/mol. The number of carbonyl (C=O) groups is 1. The number of methoxy groups -OCH3 is 1. The number of pyridine rings is 1. The Kier molecular flexibility index (Phi) is 5.96. The summed E-state index contributed by atoms with van der Waals surface area (Å²) in [6.07, 6.45) is 1.85. The van der Waals surface area contributed by atoms with Gasteiger partial charge in [-0.25, -0.2) is 0 Å². The van der Waals surface area contributed by atoms with Gasteiger partial charge in [0.05, 0.1) is 18.5 Å². The zero-order valence-electron chi connectivity index (χ0n) is 16.4. The average molecular weight is 418 g/mol. The molecule has 0 aliphatic heterocycles. The van der Waals surface area contributed by atoms with E-state index >= 15 is 0 Å². The molecule has 5 heteroatoms. The van der Waals surface area contributed by atoms with Gasteiger partial charge in [0.1, 0.15) is 5.75 Å². The van der Waals surface area contributed by atoms with Crippen LogP contribution in [0.2, 0.25) is 0 Å². The molecule has 0 aliphatic rings. The smallest absolute Gasteiger partial charge is 0.294 e. The van der Waals surface area contributed by atoms with Crippen LogP contribution in [-0.2, 0) is 9.53 Å². The van der Waals surface area contributed by atoms with Gasteiger partial charge in [-0.3, -0.25) is 9.78 Å². The summed E-state index contributed by atoms with van der Waals surface area (Å²) in [6, 6.07) is 25.5. The largest absolute Gasteiger partial charge is 0.497 e. The molecule has 0 spiro atoms. The molecular weight excluding hydrogens is 398 g/mol. The molecule has 0 amide bonds. The number of fused-ring (bicyclic) bond motifs is 1. The van der Waals surface area contributed by atoms with Crippen LogP contribution in [0.4, 0.5) is 0 Å². The summed E-state index contributed by atoms with van der Waals surface area (Å²) in [5.74, 6) is 0.385. The van der Waals surface area contributed by atoms with Crippen molar-refractivity contribution in [3.05, 3.63) is 96.2 Å². The van der Waals surface area contributed by atoms with E-state index in [1.54, 1.807) is 7.11 Å². The molecule has 1 heterocycles. The molecule has 0 saturated heterocycles. The predicted octanol–water partition coefficient (Wildman–Crippen LogP) is 5.78. The molecular formula is C25H20ClNO3. The van der Waals surface area contributed by atoms with Crippen LogP contribution in [0.25, 0.3) is 22.0 Å². The molecule has 150 valence electrons. The molecule has 0 radical (unpaired) electrons. The molecule has 0 N–H and O–H groups in total. The summed E-state index contributed by atoms with van der Waals surface area (Å²) in [6.45, 7) is 0.393. The SMILES string of the molecule is COc1ccc(-c2cnc3ccccc3c2C(c2ccccc2)C(Cl)OC=O)cc1. The lowest BCUT2D eigenvalue weighted by Gasteiger charge is -2.26. The van der Waals surface area contributed by atoms with Crippen LogP contribution in [0.1, 0.15) is 17.0 Å². The molecule has 30 heavy (non-hydrogen) atoms. The normalized spacial score (nSPS) is 12.9. The Hall–Kier alpha value is -3.37. The van der Waals surface area contributed by atoms with Crippen molar-refractivity contribution in [1.29, 1.82) is 0 Å². The minimum atomic E-state index is -0.882. The molecule has 0 fully saturated rings. The lowest BCUT2D eigenvalue weighted by atomic mass is 9.84. The molecule has 0 bridgehead atoms. The molecule has 1 aromatic heterocycles. The molecule has 3 aromatic carbocycles. The van der Waals surface area contributed by atoms with Gasteiger partial charge < -0.3 is 9.47 Å². The molecule has 4 nitrogen and oxygen atoms in total. The van der Waals surface area contributed by atoms with Gasteiger partial charge >= 0.3 is 0 Å². The number of carbonyl (C=O) groups excluding carboxylic acids is 1. The van der Waals surface area contributed by atoms with Gasteiger partial charge in [-0.1, -0.05) is 72.3 Å². The number of halogens is 1. The van der Waals surface area contributed by atoms with E-state index in [-0.39, 0.29) is 5.92 Å². The fourth-order valence-electron chi connectivity index (χ4n) is 3.74. The Morgan fingerprint density at radius 2 is 1.63 bits per heavy atom. The van der Waals surface area contributed by atoms with Crippen LogP contribution in [0, 0.1) is 0 Å². The summed E-state index contributed by atoms with van der Waals surface area (Å²) >= 11 is 6.63. The van der Waals surface area contributed by atoms with Gasteiger partial charge in [0.15, 0.2) is 5.56 Å². The highest BCUT2D eigenvalue weighted by molar-refractivity contribution is 6.21. The first-order valence-corrected chi connectivity index (χ1v) is 9.96. The molecule has 4 aromatic rings. The minimum Gasteiger partial charge on any atom is -0.497 e. The number of ether oxygens (including phenoxy) is 2. The van der Waals surface area contributed by atoms with Crippen molar-refractivity contribution in [2.75, 3.05) is 7.11 Å². The zero-order valence-corrected chi connectivity index (χ0v) is 17.1. The second-order valence-corrected chi connectivity index (χ2v) is 7.23. The summed E-state index contributed by atoms with van der Waals surface area (Å²) in [7, 11) is 1.64. The van der Waals surface area contributed by atoms with Crippen molar-refractivity contribution in [1.82, 2.24) is 4.98 Å². The van der Waals surface area contributed by atoms with E-state index in [1.165, 1.54) is 0 Å². The molecule has 0 aliphatic carbocycles. The summed E-state index contributed by atoms with van der Waals surface area (Å²) in [5.41, 5.74) is 3.77. The monoisotopic (exact) mass is 417 g/mol. The van der Waals surface area contributed by atoms with Gasteiger partial charge in [-0.2, -0.15) is 0 Å². The zero-order chi connectivity index (χ0) is 20.9. The van der Waals surface area contributed by atoms with Gasteiger partial charge in [-0.15, -0.1) is 0 Å². The number of alkyl halides is 1.